The van der Waals surface area contributed by atoms with E-state index in [0.29, 0.717) is 6.54 Å². The van der Waals surface area contributed by atoms with E-state index in [-0.39, 0.29) is 24.8 Å². The van der Waals surface area contributed by atoms with Crippen LogP contribution in [0.1, 0.15) is 12.5 Å². The summed E-state index contributed by atoms with van der Waals surface area (Å²) in [7, 11) is 3.15. The summed E-state index contributed by atoms with van der Waals surface area (Å²) >= 11 is 0. The van der Waals surface area contributed by atoms with Gasteiger partial charge >= 0.3 is 11.8 Å². The van der Waals surface area contributed by atoms with Crippen molar-refractivity contribution in [2.75, 3.05) is 27.4 Å². The molecular formula is C15H19N3O5. The Labute approximate surface area is 134 Å². The molecule has 23 heavy (non-hydrogen) atoms. The van der Waals surface area contributed by atoms with Gasteiger partial charge in [0.1, 0.15) is 5.75 Å². The number of esters is 1. The molecular weight excluding hydrogens is 302 g/mol. The van der Waals surface area contributed by atoms with Crippen molar-refractivity contribution < 1.29 is 19.2 Å². The fraction of sp³-hybridized carbons (Fsp3) is 0.400. The van der Waals surface area contributed by atoms with Crippen LogP contribution in [0, 0.1) is 10.1 Å². The number of hydrogen-bond acceptors (Lipinski definition) is 7. The van der Waals surface area contributed by atoms with Gasteiger partial charge < -0.3 is 24.5 Å². The van der Waals surface area contributed by atoms with Gasteiger partial charge in [-0.2, -0.15) is 0 Å². The molecule has 0 bridgehead atoms. The molecule has 0 saturated heterocycles. The largest absolute Gasteiger partial charge is 0.497 e. The van der Waals surface area contributed by atoms with Crippen LogP contribution in [-0.4, -0.2) is 48.1 Å². The smallest absolute Gasteiger partial charge is 0.363 e. The molecule has 1 aromatic rings. The zero-order chi connectivity index (χ0) is 17.0. The van der Waals surface area contributed by atoms with Gasteiger partial charge in [-0.25, -0.2) is 9.69 Å². The number of carbonyl (C=O) groups is 1. The number of benzene rings is 1. The summed E-state index contributed by atoms with van der Waals surface area (Å²) in [5, 5.41) is 11.3. The average Bonchev–Trinajstić information content (AvgIpc) is 2.84. The van der Waals surface area contributed by atoms with E-state index in [0.717, 1.165) is 11.3 Å². The summed E-state index contributed by atoms with van der Waals surface area (Å²) < 4.78 is 10.1. The molecule has 0 aromatic heterocycles. The second kappa shape index (κ2) is 6.99. The molecule has 1 aliphatic rings. The first-order chi connectivity index (χ1) is 11.0. The molecule has 124 valence electrons. The highest BCUT2D eigenvalue weighted by Crippen LogP contribution is 2.26. The van der Waals surface area contributed by atoms with E-state index in [1.165, 1.54) is 4.90 Å². The van der Waals surface area contributed by atoms with Crippen molar-refractivity contribution in [2.24, 2.45) is 0 Å². The lowest BCUT2D eigenvalue weighted by atomic mass is 10.2. The SMILES string of the molecule is CCOC(=O)C1=C([N+](=O)[O-])N(C)CN1Cc1ccc(OC)cc1. The molecule has 0 N–H and O–H groups in total. The van der Waals surface area contributed by atoms with Crippen LogP contribution in [0.2, 0.25) is 0 Å². The van der Waals surface area contributed by atoms with Gasteiger partial charge in [-0.3, -0.25) is 0 Å². The maximum absolute atomic E-state index is 12.1. The maximum Gasteiger partial charge on any atom is 0.363 e. The third-order valence-electron chi connectivity index (χ3n) is 3.45. The van der Waals surface area contributed by atoms with Crippen LogP contribution in [0.25, 0.3) is 0 Å². The Morgan fingerprint density at radius 1 is 1.35 bits per heavy atom. The van der Waals surface area contributed by atoms with Gasteiger partial charge in [-0.05, 0) is 29.5 Å². The molecule has 0 aliphatic carbocycles. The summed E-state index contributed by atoms with van der Waals surface area (Å²) in [5.74, 6) is -0.201. The van der Waals surface area contributed by atoms with E-state index >= 15 is 0 Å². The standard InChI is InChI=1S/C15H19N3O5/c1-4-23-15(19)13-14(18(20)21)16(2)10-17(13)9-11-5-7-12(22-3)8-6-11/h5-8H,4,9-10H2,1-3H3. The van der Waals surface area contributed by atoms with Crippen molar-refractivity contribution in [1.82, 2.24) is 9.80 Å². The molecule has 0 atom stereocenters. The monoisotopic (exact) mass is 321 g/mol. The minimum atomic E-state index is -0.683. The number of rotatable bonds is 6. The van der Waals surface area contributed by atoms with Crippen LogP contribution in [0.15, 0.2) is 35.8 Å². The van der Waals surface area contributed by atoms with Crippen molar-refractivity contribution >= 4 is 5.97 Å². The number of nitro groups is 1. The van der Waals surface area contributed by atoms with Crippen molar-refractivity contribution in [2.45, 2.75) is 13.5 Å². The van der Waals surface area contributed by atoms with Crippen LogP contribution in [0.5, 0.6) is 5.75 Å². The van der Waals surface area contributed by atoms with E-state index < -0.39 is 10.9 Å². The molecule has 0 radical (unpaired) electrons. The molecule has 8 heteroatoms. The lowest BCUT2D eigenvalue weighted by Crippen LogP contribution is -2.28. The summed E-state index contributed by atoms with van der Waals surface area (Å²) in [4.78, 5) is 25.9. The Hall–Kier alpha value is -2.77. The molecule has 0 spiro atoms. The number of methoxy groups -OCH3 is 1. The Morgan fingerprint density at radius 2 is 2.00 bits per heavy atom. The first-order valence-electron chi connectivity index (χ1n) is 7.12. The third kappa shape index (κ3) is 3.53. The van der Waals surface area contributed by atoms with E-state index in [4.69, 9.17) is 9.47 Å². The van der Waals surface area contributed by atoms with Gasteiger partial charge in [-0.15, -0.1) is 0 Å². The topological polar surface area (TPSA) is 85.1 Å². The predicted molar refractivity (Wildman–Crippen MR) is 81.8 cm³/mol. The average molecular weight is 321 g/mol. The zero-order valence-corrected chi connectivity index (χ0v) is 13.3. The normalized spacial score (nSPS) is 14.2. The molecule has 1 aromatic carbocycles. The van der Waals surface area contributed by atoms with Crippen molar-refractivity contribution in [1.29, 1.82) is 0 Å². The number of hydrogen-bond donors (Lipinski definition) is 0. The number of carbonyl (C=O) groups excluding carboxylic acids is 1. The fourth-order valence-corrected chi connectivity index (χ4v) is 2.44. The van der Waals surface area contributed by atoms with Gasteiger partial charge in [0.15, 0.2) is 6.67 Å². The molecule has 1 heterocycles. The van der Waals surface area contributed by atoms with E-state index in [1.54, 1.807) is 38.1 Å². The Balaban J connectivity index is 2.28. The van der Waals surface area contributed by atoms with Gasteiger partial charge in [0.25, 0.3) is 0 Å². The summed E-state index contributed by atoms with van der Waals surface area (Å²) in [6, 6.07) is 7.31. The molecule has 2 rings (SSSR count). The number of nitrogens with zero attached hydrogens (tertiary/aromatic N) is 3. The molecule has 0 fully saturated rings. The van der Waals surface area contributed by atoms with Gasteiger partial charge in [0.2, 0.25) is 5.70 Å². The maximum atomic E-state index is 12.1. The molecule has 0 saturated carbocycles. The molecule has 8 nitrogen and oxygen atoms in total. The van der Waals surface area contributed by atoms with Crippen LogP contribution < -0.4 is 4.74 Å². The number of ether oxygens (including phenoxy) is 2. The van der Waals surface area contributed by atoms with Gasteiger partial charge in [0.05, 0.1) is 20.8 Å². The molecule has 0 unspecified atom stereocenters. The first kappa shape index (κ1) is 16.6. The van der Waals surface area contributed by atoms with E-state index in [2.05, 4.69) is 0 Å². The van der Waals surface area contributed by atoms with E-state index in [9.17, 15) is 14.9 Å². The highest BCUT2D eigenvalue weighted by molar-refractivity contribution is 5.88. The van der Waals surface area contributed by atoms with Crippen molar-refractivity contribution in [3.63, 3.8) is 0 Å². The quantitative estimate of drug-likeness (QED) is 0.445. The first-order valence-corrected chi connectivity index (χ1v) is 7.12. The second-order valence-corrected chi connectivity index (χ2v) is 5.04. The lowest BCUT2D eigenvalue weighted by molar-refractivity contribution is -0.444. The van der Waals surface area contributed by atoms with Crippen LogP contribution in [0.3, 0.4) is 0 Å². The zero-order valence-electron chi connectivity index (χ0n) is 13.3. The van der Waals surface area contributed by atoms with Gasteiger partial charge in [-0.1, -0.05) is 12.1 Å². The highest BCUT2D eigenvalue weighted by Gasteiger charge is 2.40. The molecule has 0 amide bonds. The Morgan fingerprint density at radius 3 is 2.52 bits per heavy atom. The van der Waals surface area contributed by atoms with Crippen molar-refractivity contribution in [3.05, 3.63) is 51.5 Å². The predicted octanol–water partition coefficient (Wildman–Crippen LogP) is 1.41. The minimum absolute atomic E-state index is 0.0184. The summed E-state index contributed by atoms with van der Waals surface area (Å²) in [6.07, 6.45) is 0. The third-order valence-corrected chi connectivity index (χ3v) is 3.45. The Bertz CT molecular complexity index is 627. The molecule has 1 aliphatic heterocycles. The van der Waals surface area contributed by atoms with Crippen LogP contribution in [-0.2, 0) is 16.1 Å². The Kier molecular flexibility index (Phi) is 5.05. The lowest BCUT2D eigenvalue weighted by Gasteiger charge is -2.18. The summed E-state index contributed by atoms with van der Waals surface area (Å²) in [5.41, 5.74) is 0.890. The highest BCUT2D eigenvalue weighted by atomic mass is 16.6. The van der Waals surface area contributed by atoms with E-state index in [1.807, 2.05) is 12.1 Å². The summed E-state index contributed by atoms with van der Waals surface area (Å²) in [6.45, 7) is 2.43. The van der Waals surface area contributed by atoms with Gasteiger partial charge in [0, 0.05) is 6.54 Å². The van der Waals surface area contributed by atoms with Crippen molar-refractivity contribution in [3.8, 4) is 5.75 Å². The van der Waals surface area contributed by atoms with Crippen LogP contribution >= 0.6 is 0 Å². The van der Waals surface area contributed by atoms with Crippen LogP contribution in [0.4, 0.5) is 0 Å². The minimum Gasteiger partial charge on any atom is -0.497 e. The fourth-order valence-electron chi connectivity index (χ4n) is 2.44. The second-order valence-electron chi connectivity index (χ2n) is 5.04.